The molecular weight excluding hydrogens is 384 g/mol. The van der Waals surface area contributed by atoms with Crippen molar-refractivity contribution in [2.75, 3.05) is 36.5 Å². The Morgan fingerprint density at radius 2 is 1.96 bits per heavy atom. The fraction of sp³-hybridized carbons (Fsp3) is 0.333. The van der Waals surface area contributed by atoms with E-state index >= 15 is 0 Å². The number of ether oxygens (including phenoxy) is 1. The summed E-state index contributed by atoms with van der Waals surface area (Å²) in [5.41, 5.74) is 6.98. The Kier molecular flexibility index (Phi) is 5.61. The summed E-state index contributed by atoms with van der Waals surface area (Å²) in [5.74, 6) is -1.17. The van der Waals surface area contributed by atoms with Gasteiger partial charge in [0.1, 0.15) is 5.00 Å². The number of non-ortho nitro benzene ring substituents is 1. The van der Waals surface area contributed by atoms with Crippen LogP contribution in [0.4, 0.5) is 16.4 Å². The number of nitro groups is 1. The Hall–Kier alpha value is -2.98. The van der Waals surface area contributed by atoms with Gasteiger partial charge in [-0.25, -0.2) is 0 Å². The number of morpholine rings is 1. The van der Waals surface area contributed by atoms with Crippen molar-refractivity contribution in [1.29, 1.82) is 0 Å². The number of nitrogens with two attached hydrogens (primary N) is 1. The number of anilines is 2. The van der Waals surface area contributed by atoms with Crippen LogP contribution in [0.1, 0.15) is 31.2 Å². The molecule has 28 heavy (non-hydrogen) atoms. The average Bonchev–Trinajstić information content (AvgIpc) is 2.95. The van der Waals surface area contributed by atoms with Gasteiger partial charge in [0.2, 0.25) is 0 Å². The topological polar surface area (TPSA) is 128 Å². The minimum absolute atomic E-state index is 0.162. The van der Waals surface area contributed by atoms with Gasteiger partial charge in [-0.3, -0.25) is 19.7 Å². The number of primary amides is 1. The maximum Gasteiger partial charge on any atom is 0.270 e. The van der Waals surface area contributed by atoms with E-state index in [1.165, 1.54) is 23.5 Å². The maximum atomic E-state index is 13.0. The molecule has 0 unspecified atom stereocenters. The van der Waals surface area contributed by atoms with Crippen molar-refractivity contribution >= 4 is 39.5 Å². The lowest BCUT2D eigenvalue weighted by atomic mass is 10.1. The van der Waals surface area contributed by atoms with Crippen molar-refractivity contribution in [1.82, 2.24) is 0 Å². The van der Waals surface area contributed by atoms with E-state index in [2.05, 4.69) is 5.32 Å². The van der Waals surface area contributed by atoms with Gasteiger partial charge in [0.15, 0.2) is 0 Å². The summed E-state index contributed by atoms with van der Waals surface area (Å²) in [6.07, 6.45) is 0. The highest BCUT2D eigenvalue weighted by Gasteiger charge is 2.25. The van der Waals surface area contributed by atoms with E-state index in [4.69, 9.17) is 10.5 Å². The molecule has 1 fully saturated rings. The number of nitro benzene ring substituents is 1. The molecule has 1 aromatic carbocycles. The number of carbonyl (C=O) groups excluding carboxylic acids is 2. The number of hydrogen-bond donors (Lipinski definition) is 2. The van der Waals surface area contributed by atoms with E-state index in [0.29, 0.717) is 42.6 Å². The van der Waals surface area contributed by atoms with Crippen LogP contribution in [0.25, 0.3) is 0 Å². The lowest BCUT2D eigenvalue weighted by molar-refractivity contribution is -0.384. The number of hydrogen-bond acceptors (Lipinski definition) is 7. The largest absolute Gasteiger partial charge is 0.378 e. The van der Waals surface area contributed by atoms with Gasteiger partial charge in [0.25, 0.3) is 17.5 Å². The second-order valence-electron chi connectivity index (χ2n) is 6.36. The molecule has 0 aliphatic carbocycles. The Bertz CT molecular complexity index is 950. The van der Waals surface area contributed by atoms with Crippen LogP contribution in [0, 0.1) is 24.0 Å². The number of aryl methyl sites for hydroxylation is 1. The smallest absolute Gasteiger partial charge is 0.270 e. The fourth-order valence-corrected chi connectivity index (χ4v) is 4.14. The molecule has 1 aromatic heterocycles. The molecule has 0 saturated carbocycles. The number of carbonyl (C=O) groups is 2. The standard InChI is InChI=1S/C18H20N4O5S/c1-10-11(2)28-18(15(10)16(19)23)20-17(24)13-9-12(22(25)26)3-4-14(13)21-5-7-27-8-6-21/h3-4,9H,5-8H2,1-2H3,(H2,19,23)(H,20,24). The zero-order valence-corrected chi connectivity index (χ0v) is 16.3. The summed E-state index contributed by atoms with van der Waals surface area (Å²) in [7, 11) is 0. The molecule has 0 spiro atoms. The second-order valence-corrected chi connectivity index (χ2v) is 7.59. The molecule has 2 amide bonds. The molecule has 1 aliphatic rings. The van der Waals surface area contributed by atoms with Crippen LogP contribution in [-0.2, 0) is 4.74 Å². The Balaban J connectivity index is 2.00. The van der Waals surface area contributed by atoms with E-state index < -0.39 is 16.7 Å². The molecule has 0 bridgehead atoms. The maximum absolute atomic E-state index is 13.0. The highest BCUT2D eigenvalue weighted by Crippen LogP contribution is 2.34. The van der Waals surface area contributed by atoms with Crippen LogP contribution in [0.15, 0.2) is 18.2 Å². The van der Waals surface area contributed by atoms with Crippen LogP contribution in [-0.4, -0.2) is 43.0 Å². The van der Waals surface area contributed by atoms with Gasteiger partial charge in [-0.2, -0.15) is 0 Å². The zero-order valence-electron chi connectivity index (χ0n) is 15.5. The Morgan fingerprint density at radius 1 is 1.29 bits per heavy atom. The predicted molar refractivity (Wildman–Crippen MR) is 106 cm³/mol. The van der Waals surface area contributed by atoms with Crippen LogP contribution < -0.4 is 16.0 Å². The highest BCUT2D eigenvalue weighted by molar-refractivity contribution is 7.16. The minimum Gasteiger partial charge on any atom is -0.378 e. The number of nitrogens with zero attached hydrogens (tertiary/aromatic N) is 2. The lowest BCUT2D eigenvalue weighted by Gasteiger charge is -2.30. The van der Waals surface area contributed by atoms with E-state index in [0.717, 1.165) is 4.88 Å². The highest BCUT2D eigenvalue weighted by atomic mass is 32.1. The third-order valence-corrected chi connectivity index (χ3v) is 5.77. The first-order valence-electron chi connectivity index (χ1n) is 8.62. The zero-order chi connectivity index (χ0) is 20.4. The summed E-state index contributed by atoms with van der Waals surface area (Å²) < 4.78 is 5.34. The summed E-state index contributed by atoms with van der Waals surface area (Å²) in [6.45, 7) is 5.74. The third-order valence-electron chi connectivity index (χ3n) is 4.65. The van der Waals surface area contributed by atoms with Gasteiger partial charge in [-0.1, -0.05) is 0 Å². The number of nitrogens with one attached hydrogen (secondary N) is 1. The number of rotatable bonds is 5. The van der Waals surface area contributed by atoms with Gasteiger partial charge >= 0.3 is 0 Å². The van der Waals surface area contributed by atoms with Gasteiger partial charge in [-0.05, 0) is 25.5 Å². The molecule has 3 N–H and O–H groups in total. The Morgan fingerprint density at radius 3 is 2.57 bits per heavy atom. The van der Waals surface area contributed by atoms with Gasteiger partial charge < -0.3 is 20.7 Å². The van der Waals surface area contributed by atoms with Crippen molar-refractivity contribution in [2.45, 2.75) is 13.8 Å². The first-order chi connectivity index (χ1) is 13.3. The predicted octanol–water partition coefficient (Wildman–Crippen LogP) is 2.46. The molecule has 0 atom stereocenters. The quantitative estimate of drug-likeness (QED) is 0.582. The molecule has 148 valence electrons. The van der Waals surface area contributed by atoms with Crippen molar-refractivity contribution in [3.05, 3.63) is 49.9 Å². The van der Waals surface area contributed by atoms with E-state index in [-0.39, 0.29) is 16.8 Å². The molecule has 1 aliphatic heterocycles. The van der Waals surface area contributed by atoms with Crippen molar-refractivity contribution in [3.8, 4) is 0 Å². The molecule has 2 aromatic rings. The fourth-order valence-electron chi connectivity index (χ4n) is 3.08. The average molecular weight is 404 g/mol. The van der Waals surface area contributed by atoms with Gasteiger partial charge in [-0.15, -0.1) is 11.3 Å². The first kappa shape index (κ1) is 19.8. The molecule has 3 rings (SSSR count). The molecule has 10 heteroatoms. The number of benzene rings is 1. The van der Waals surface area contributed by atoms with Gasteiger partial charge in [0.05, 0.1) is 35.0 Å². The number of thiophene rings is 1. The number of amides is 2. The summed E-state index contributed by atoms with van der Waals surface area (Å²) >= 11 is 1.24. The molecule has 9 nitrogen and oxygen atoms in total. The lowest BCUT2D eigenvalue weighted by Crippen LogP contribution is -2.37. The van der Waals surface area contributed by atoms with E-state index in [1.54, 1.807) is 13.0 Å². The normalized spacial score (nSPS) is 14.0. The molecule has 2 heterocycles. The molecule has 1 saturated heterocycles. The van der Waals surface area contributed by atoms with Crippen molar-refractivity contribution in [2.24, 2.45) is 5.73 Å². The molecule has 0 radical (unpaired) electrons. The van der Waals surface area contributed by atoms with Crippen LogP contribution >= 0.6 is 11.3 Å². The SMILES string of the molecule is Cc1sc(NC(=O)c2cc([N+](=O)[O-])ccc2N2CCOCC2)c(C(N)=O)c1C. The summed E-state index contributed by atoms with van der Waals surface area (Å²) in [5, 5.41) is 14.2. The van der Waals surface area contributed by atoms with Gasteiger partial charge in [0, 0.05) is 30.1 Å². The van der Waals surface area contributed by atoms with Crippen molar-refractivity contribution in [3.63, 3.8) is 0 Å². The Labute approximate surface area is 165 Å². The van der Waals surface area contributed by atoms with Crippen LogP contribution in [0.3, 0.4) is 0 Å². The van der Waals surface area contributed by atoms with Crippen molar-refractivity contribution < 1.29 is 19.2 Å². The third kappa shape index (κ3) is 3.82. The monoisotopic (exact) mass is 404 g/mol. The van der Waals surface area contributed by atoms with E-state index in [1.807, 2.05) is 11.8 Å². The molecular formula is C18H20N4O5S. The summed E-state index contributed by atoms with van der Waals surface area (Å²) in [4.78, 5) is 38.3. The van der Waals surface area contributed by atoms with Crippen LogP contribution in [0.5, 0.6) is 0 Å². The van der Waals surface area contributed by atoms with Crippen LogP contribution in [0.2, 0.25) is 0 Å². The van der Waals surface area contributed by atoms with E-state index in [9.17, 15) is 19.7 Å². The minimum atomic E-state index is -0.635. The summed E-state index contributed by atoms with van der Waals surface area (Å²) in [6, 6.07) is 4.19. The second kappa shape index (κ2) is 7.95. The first-order valence-corrected chi connectivity index (χ1v) is 9.43.